The van der Waals surface area contributed by atoms with Crippen LogP contribution in [-0.2, 0) is 4.74 Å². The summed E-state index contributed by atoms with van der Waals surface area (Å²) in [6, 6.07) is 18.7. The summed E-state index contributed by atoms with van der Waals surface area (Å²) in [5.41, 5.74) is 3.50. The highest BCUT2D eigenvalue weighted by Gasteiger charge is 2.22. The van der Waals surface area contributed by atoms with Crippen LogP contribution in [0.15, 0.2) is 54.6 Å². The van der Waals surface area contributed by atoms with E-state index in [-0.39, 0.29) is 12.1 Å². The lowest BCUT2D eigenvalue weighted by Gasteiger charge is -2.35. The summed E-state index contributed by atoms with van der Waals surface area (Å²) in [7, 11) is 1.72. The first-order valence-electron chi connectivity index (χ1n) is 9.59. The number of methoxy groups -OCH3 is 1. The topological polar surface area (TPSA) is 44.8 Å². The minimum Gasteiger partial charge on any atom is -0.383 e. The van der Waals surface area contributed by atoms with Crippen molar-refractivity contribution in [1.82, 2.24) is 15.1 Å². The summed E-state index contributed by atoms with van der Waals surface area (Å²) >= 11 is 0. The Balaban J connectivity index is 1.51. The molecule has 144 valence electrons. The van der Waals surface area contributed by atoms with Crippen molar-refractivity contribution >= 4 is 6.03 Å². The van der Waals surface area contributed by atoms with E-state index < -0.39 is 0 Å². The molecule has 1 aliphatic heterocycles. The smallest absolute Gasteiger partial charge is 0.317 e. The summed E-state index contributed by atoms with van der Waals surface area (Å²) in [6.07, 6.45) is 0. The lowest BCUT2D eigenvalue weighted by atomic mass is 10.0. The third kappa shape index (κ3) is 5.31. The number of carbonyl (C=O) groups excluding carboxylic acids is 1. The third-order valence-corrected chi connectivity index (χ3v) is 5.13. The van der Waals surface area contributed by atoms with E-state index in [0.717, 1.165) is 44.9 Å². The molecular formula is C22H29N3O2. The number of nitrogens with one attached hydrogen (secondary N) is 1. The number of amides is 2. The molecule has 0 spiro atoms. The van der Waals surface area contributed by atoms with E-state index in [9.17, 15) is 4.79 Å². The first-order valence-corrected chi connectivity index (χ1v) is 9.59. The first kappa shape index (κ1) is 19.4. The van der Waals surface area contributed by atoms with Crippen molar-refractivity contribution < 1.29 is 9.53 Å². The van der Waals surface area contributed by atoms with Crippen LogP contribution in [0.2, 0.25) is 0 Å². The zero-order chi connectivity index (χ0) is 19.1. The molecule has 0 aliphatic carbocycles. The zero-order valence-corrected chi connectivity index (χ0v) is 16.2. The van der Waals surface area contributed by atoms with Gasteiger partial charge in [-0.2, -0.15) is 0 Å². The molecule has 2 aromatic rings. The van der Waals surface area contributed by atoms with Crippen LogP contribution in [0.4, 0.5) is 4.79 Å². The van der Waals surface area contributed by atoms with E-state index in [2.05, 4.69) is 46.6 Å². The van der Waals surface area contributed by atoms with E-state index in [1.54, 1.807) is 7.11 Å². The summed E-state index contributed by atoms with van der Waals surface area (Å²) in [5.74, 6) is 0. The SMILES string of the molecule is COCCN1CCN(C(=O)N[C@H](C)c2ccc(-c3ccccc3)cc2)CC1. The summed E-state index contributed by atoms with van der Waals surface area (Å²) in [4.78, 5) is 16.8. The number of carbonyl (C=O) groups is 1. The van der Waals surface area contributed by atoms with Crippen molar-refractivity contribution in [2.24, 2.45) is 0 Å². The maximum absolute atomic E-state index is 12.6. The molecule has 3 rings (SSSR count). The lowest BCUT2D eigenvalue weighted by molar-refractivity contribution is 0.105. The molecule has 0 aromatic heterocycles. The summed E-state index contributed by atoms with van der Waals surface area (Å²) in [6.45, 7) is 7.01. The molecule has 2 aromatic carbocycles. The predicted octanol–water partition coefficient (Wildman–Crippen LogP) is 3.39. The van der Waals surface area contributed by atoms with Gasteiger partial charge < -0.3 is 15.0 Å². The van der Waals surface area contributed by atoms with Crippen molar-refractivity contribution in [3.63, 3.8) is 0 Å². The fraction of sp³-hybridized carbons (Fsp3) is 0.409. The van der Waals surface area contributed by atoms with Gasteiger partial charge in [0.2, 0.25) is 0 Å². The fourth-order valence-corrected chi connectivity index (χ4v) is 3.35. The van der Waals surface area contributed by atoms with Gasteiger partial charge in [-0.05, 0) is 23.6 Å². The van der Waals surface area contributed by atoms with E-state index in [1.807, 2.05) is 30.0 Å². The van der Waals surface area contributed by atoms with Gasteiger partial charge in [0.25, 0.3) is 0 Å². The Kier molecular flexibility index (Phi) is 6.85. The van der Waals surface area contributed by atoms with Crippen LogP contribution in [0, 0.1) is 0 Å². The Hall–Kier alpha value is -2.37. The largest absolute Gasteiger partial charge is 0.383 e. The molecule has 27 heavy (non-hydrogen) atoms. The molecule has 1 saturated heterocycles. The van der Waals surface area contributed by atoms with Gasteiger partial charge in [0.1, 0.15) is 0 Å². The molecule has 1 N–H and O–H groups in total. The molecule has 2 amide bonds. The monoisotopic (exact) mass is 367 g/mol. The Labute approximate surface area is 161 Å². The lowest BCUT2D eigenvalue weighted by Crippen LogP contribution is -2.52. The molecule has 0 unspecified atom stereocenters. The van der Waals surface area contributed by atoms with E-state index in [4.69, 9.17) is 4.74 Å². The van der Waals surface area contributed by atoms with Gasteiger partial charge in [0, 0.05) is 39.8 Å². The average Bonchev–Trinajstić information content (AvgIpc) is 2.73. The Morgan fingerprint density at radius 1 is 1.00 bits per heavy atom. The predicted molar refractivity (Wildman–Crippen MR) is 109 cm³/mol. The minimum absolute atomic E-state index is 0.0148. The second kappa shape index (κ2) is 9.53. The Morgan fingerprint density at radius 2 is 1.63 bits per heavy atom. The fourth-order valence-electron chi connectivity index (χ4n) is 3.35. The molecular weight excluding hydrogens is 338 g/mol. The van der Waals surface area contributed by atoms with Crippen LogP contribution in [0.5, 0.6) is 0 Å². The Morgan fingerprint density at radius 3 is 2.26 bits per heavy atom. The van der Waals surface area contributed by atoms with Crippen molar-refractivity contribution in [3.8, 4) is 11.1 Å². The van der Waals surface area contributed by atoms with E-state index >= 15 is 0 Å². The normalized spacial score (nSPS) is 16.1. The van der Waals surface area contributed by atoms with Crippen LogP contribution in [0.1, 0.15) is 18.5 Å². The van der Waals surface area contributed by atoms with Gasteiger partial charge in [0.15, 0.2) is 0 Å². The maximum atomic E-state index is 12.6. The summed E-state index contributed by atoms with van der Waals surface area (Å²) in [5, 5.41) is 3.13. The zero-order valence-electron chi connectivity index (χ0n) is 16.2. The van der Waals surface area contributed by atoms with Crippen LogP contribution in [0.3, 0.4) is 0 Å². The number of hydrogen-bond acceptors (Lipinski definition) is 3. The van der Waals surface area contributed by atoms with E-state index in [0.29, 0.717) is 0 Å². The molecule has 5 heteroatoms. The Bertz CT molecular complexity index is 710. The van der Waals surface area contributed by atoms with Gasteiger partial charge >= 0.3 is 6.03 Å². The molecule has 1 heterocycles. The van der Waals surface area contributed by atoms with Crippen molar-refractivity contribution in [3.05, 3.63) is 60.2 Å². The third-order valence-electron chi connectivity index (χ3n) is 5.13. The number of hydrogen-bond donors (Lipinski definition) is 1. The number of rotatable bonds is 6. The number of urea groups is 1. The molecule has 1 aliphatic rings. The molecule has 0 radical (unpaired) electrons. The van der Waals surface area contributed by atoms with Crippen LogP contribution >= 0.6 is 0 Å². The van der Waals surface area contributed by atoms with Gasteiger partial charge in [-0.15, -0.1) is 0 Å². The van der Waals surface area contributed by atoms with Gasteiger partial charge in [0.05, 0.1) is 12.6 Å². The van der Waals surface area contributed by atoms with Gasteiger partial charge in [-0.3, -0.25) is 4.90 Å². The second-order valence-electron chi connectivity index (χ2n) is 6.98. The average molecular weight is 367 g/mol. The maximum Gasteiger partial charge on any atom is 0.317 e. The second-order valence-corrected chi connectivity index (χ2v) is 6.98. The van der Waals surface area contributed by atoms with Crippen LogP contribution in [-0.4, -0.2) is 62.3 Å². The van der Waals surface area contributed by atoms with Gasteiger partial charge in [-0.1, -0.05) is 54.6 Å². The molecule has 0 saturated carbocycles. The van der Waals surface area contributed by atoms with Crippen molar-refractivity contribution in [2.75, 3.05) is 46.4 Å². The first-order chi connectivity index (χ1) is 13.2. The number of nitrogens with zero attached hydrogens (tertiary/aromatic N) is 2. The van der Waals surface area contributed by atoms with Gasteiger partial charge in [-0.25, -0.2) is 4.79 Å². The molecule has 5 nitrogen and oxygen atoms in total. The number of benzene rings is 2. The number of piperazine rings is 1. The minimum atomic E-state index is -0.0196. The molecule has 0 bridgehead atoms. The van der Waals surface area contributed by atoms with E-state index in [1.165, 1.54) is 11.1 Å². The summed E-state index contributed by atoms with van der Waals surface area (Å²) < 4.78 is 5.12. The molecule has 1 atom stereocenters. The van der Waals surface area contributed by atoms with Crippen LogP contribution < -0.4 is 5.32 Å². The highest BCUT2D eigenvalue weighted by molar-refractivity contribution is 5.75. The van der Waals surface area contributed by atoms with Crippen molar-refractivity contribution in [1.29, 1.82) is 0 Å². The van der Waals surface area contributed by atoms with Crippen LogP contribution in [0.25, 0.3) is 11.1 Å². The highest BCUT2D eigenvalue weighted by Crippen LogP contribution is 2.22. The quantitative estimate of drug-likeness (QED) is 0.851. The standard InChI is InChI=1S/C22H29N3O2/c1-18(19-8-10-21(11-9-19)20-6-4-3-5-7-20)23-22(26)25-14-12-24(13-15-25)16-17-27-2/h3-11,18H,12-17H2,1-2H3,(H,23,26)/t18-/m1/s1. The van der Waals surface area contributed by atoms with Crippen molar-refractivity contribution in [2.45, 2.75) is 13.0 Å². The molecule has 1 fully saturated rings. The highest BCUT2D eigenvalue weighted by atomic mass is 16.5. The number of ether oxygens (including phenoxy) is 1.